The van der Waals surface area contributed by atoms with Crippen LogP contribution in [0.1, 0.15) is 13.3 Å². The first-order valence-corrected chi connectivity index (χ1v) is 5.98. The van der Waals surface area contributed by atoms with Crippen molar-refractivity contribution in [3.8, 4) is 0 Å². The van der Waals surface area contributed by atoms with Crippen LogP contribution < -0.4 is 5.69 Å². The van der Waals surface area contributed by atoms with Gasteiger partial charge >= 0.3 is 5.69 Å². The van der Waals surface area contributed by atoms with E-state index in [1.165, 1.54) is 11.8 Å². The van der Waals surface area contributed by atoms with Crippen LogP contribution in [0.4, 0.5) is 0 Å². The number of hydrogen-bond acceptors (Lipinski definition) is 4. The van der Waals surface area contributed by atoms with E-state index in [1.807, 2.05) is 13.2 Å². The molecule has 2 aromatic heterocycles. The molecule has 0 saturated carbocycles. The Balaban J connectivity index is 2.75. The monoisotopic (exact) mass is 224 g/mol. The first-order valence-electron chi connectivity index (χ1n) is 4.75. The number of fused-ring (bicyclic) bond motifs is 1. The summed E-state index contributed by atoms with van der Waals surface area (Å²) in [5.41, 5.74) is 1.32. The van der Waals surface area contributed by atoms with Crippen molar-refractivity contribution in [1.82, 2.24) is 19.5 Å². The smallest absolute Gasteiger partial charge is 0.341 e. The van der Waals surface area contributed by atoms with E-state index in [-0.39, 0.29) is 5.69 Å². The van der Waals surface area contributed by atoms with Gasteiger partial charge in [0, 0.05) is 6.54 Å². The summed E-state index contributed by atoms with van der Waals surface area (Å²) in [6, 6.07) is 0. The molecule has 2 aromatic rings. The first kappa shape index (κ1) is 10.2. The minimum Gasteiger partial charge on any atom is -0.341 e. The van der Waals surface area contributed by atoms with Crippen LogP contribution in [0, 0.1) is 0 Å². The van der Waals surface area contributed by atoms with Gasteiger partial charge in [-0.25, -0.2) is 9.78 Å². The molecular formula is C9H12N4OS. The SMILES string of the molecule is CCCn1c(=O)nc(SC)c2[nH]cnc21. The summed E-state index contributed by atoms with van der Waals surface area (Å²) in [4.78, 5) is 22.9. The molecule has 80 valence electrons. The summed E-state index contributed by atoms with van der Waals surface area (Å²) in [5.74, 6) is 0. The lowest BCUT2D eigenvalue weighted by Crippen LogP contribution is -2.23. The van der Waals surface area contributed by atoms with Crippen LogP contribution >= 0.6 is 11.8 Å². The number of hydrogen-bond donors (Lipinski definition) is 1. The van der Waals surface area contributed by atoms with Crippen LogP contribution in [0.25, 0.3) is 11.2 Å². The zero-order valence-electron chi connectivity index (χ0n) is 8.65. The maximum Gasteiger partial charge on any atom is 0.350 e. The van der Waals surface area contributed by atoms with E-state index in [0.717, 1.165) is 11.9 Å². The standard InChI is InChI=1S/C9H12N4OS/c1-3-4-13-7-6(10-5-11-7)8(15-2)12-9(13)14/h5H,3-4H2,1-2H3,(H,10,11). The van der Waals surface area contributed by atoms with Crippen LogP contribution in [0.2, 0.25) is 0 Å². The Morgan fingerprint density at radius 3 is 3.07 bits per heavy atom. The molecule has 0 fully saturated rings. The lowest BCUT2D eigenvalue weighted by atomic mass is 10.4. The van der Waals surface area contributed by atoms with E-state index < -0.39 is 0 Å². The molecule has 0 aliphatic carbocycles. The van der Waals surface area contributed by atoms with Gasteiger partial charge in [-0.3, -0.25) is 4.57 Å². The molecule has 0 radical (unpaired) electrons. The number of nitrogens with one attached hydrogen (secondary N) is 1. The quantitative estimate of drug-likeness (QED) is 0.629. The number of aryl methyl sites for hydroxylation is 1. The van der Waals surface area contributed by atoms with Crippen molar-refractivity contribution in [3.63, 3.8) is 0 Å². The molecule has 2 heterocycles. The Morgan fingerprint density at radius 2 is 2.40 bits per heavy atom. The molecule has 0 amide bonds. The van der Waals surface area contributed by atoms with E-state index >= 15 is 0 Å². The maximum absolute atomic E-state index is 11.7. The van der Waals surface area contributed by atoms with Gasteiger partial charge < -0.3 is 4.98 Å². The predicted octanol–water partition coefficient (Wildman–Crippen LogP) is 1.25. The number of aromatic amines is 1. The van der Waals surface area contributed by atoms with Gasteiger partial charge in [0.1, 0.15) is 10.5 Å². The Bertz CT molecular complexity index is 530. The number of nitrogens with zero attached hydrogens (tertiary/aromatic N) is 3. The van der Waals surface area contributed by atoms with Gasteiger partial charge in [0.25, 0.3) is 0 Å². The number of thioether (sulfide) groups is 1. The second-order valence-electron chi connectivity index (χ2n) is 3.16. The van der Waals surface area contributed by atoms with Crippen LogP contribution in [0.3, 0.4) is 0 Å². The average molecular weight is 224 g/mol. The molecule has 0 atom stereocenters. The van der Waals surface area contributed by atoms with E-state index in [1.54, 1.807) is 10.9 Å². The highest BCUT2D eigenvalue weighted by Gasteiger charge is 2.10. The van der Waals surface area contributed by atoms with Gasteiger partial charge in [0.05, 0.1) is 6.33 Å². The summed E-state index contributed by atoms with van der Waals surface area (Å²) in [6.45, 7) is 2.68. The van der Waals surface area contributed by atoms with Crippen LogP contribution in [-0.2, 0) is 6.54 Å². The van der Waals surface area contributed by atoms with Gasteiger partial charge in [-0.05, 0) is 12.7 Å². The van der Waals surface area contributed by atoms with E-state index in [9.17, 15) is 4.79 Å². The van der Waals surface area contributed by atoms with Crippen molar-refractivity contribution in [2.75, 3.05) is 6.26 Å². The zero-order valence-corrected chi connectivity index (χ0v) is 9.47. The highest BCUT2D eigenvalue weighted by atomic mass is 32.2. The number of rotatable bonds is 3. The van der Waals surface area contributed by atoms with Crippen molar-refractivity contribution >= 4 is 22.9 Å². The topological polar surface area (TPSA) is 63.6 Å². The van der Waals surface area contributed by atoms with Crippen LogP contribution in [0.15, 0.2) is 16.1 Å². The summed E-state index contributed by atoms with van der Waals surface area (Å²) in [5, 5.41) is 0.708. The number of aromatic nitrogens is 4. The molecule has 0 aromatic carbocycles. The molecule has 1 N–H and O–H groups in total. The van der Waals surface area contributed by atoms with Gasteiger partial charge in [0.2, 0.25) is 0 Å². The Labute approximate surface area is 90.9 Å². The third-order valence-electron chi connectivity index (χ3n) is 2.16. The fourth-order valence-corrected chi connectivity index (χ4v) is 2.04. The molecule has 0 bridgehead atoms. The van der Waals surface area contributed by atoms with E-state index in [4.69, 9.17) is 0 Å². The molecule has 0 saturated heterocycles. The third-order valence-corrected chi connectivity index (χ3v) is 2.84. The largest absolute Gasteiger partial charge is 0.350 e. The second-order valence-corrected chi connectivity index (χ2v) is 3.95. The second kappa shape index (κ2) is 4.06. The van der Waals surface area contributed by atoms with Crippen molar-refractivity contribution < 1.29 is 0 Å². The average Bonchev–Trinajstić information content (AvgIpc) is 2.70. The normalized spacial score (nSPS) is 11.1. The summed E-state index contributed by atoms with van der Waals surface area (Å²) < 4.78 is 1.60. The van der Waals surface area contributed by atoms with Crippen LogP contribution in [-0.4, -0.2) is 25.8 Å². The van der Waals surface area contributed by atoms with Gasteiger partial charge in [-0.15, -0.1) is 11.8 Å². The number of H-pyrrole nitrogens is 1. The highest BCUT2D eigenvalue weighted by Crippen LogP contribution is 2.19. The molecular weight excluding hydrogens is 212 g/mol. The Hall–Kier alpha value is -1.30. The summed E-state index contributed by atoms with van der Waals surface area (Å²) >= 11 is 1.45. The molecule has 5 nitrogen and oxygen atoms in total. The molecule has 0 aliphatic rings. The van der Waals surface area contributed by atoms with Gasteiger partial charge in [0.15, 0.2) is 5.65 Å². The summed E-state index contributed by atoms with van der Waals surface area (Å²) in [7, 11) is 0. The maximum atomic E-state index is 11.7. The lowest BCUT2D eigenvalue weighted by molar-refractivity contribution is 0.648. The Morgan fingerprint density at radius 1 is 1.60 bits per heavy atom. The highest BCUT2D eigenvalue weighted by molar-refractivity contribution is 7.98. The minimum absolute atomic E-state index is 0.221. The number of imidazole rings is 1. The molecule has 6 heteroatoms. The van der Waals surface area contributed by atoms with Gasteiger partial charge in [-0.1, -0.05) is 6.92 Å². The minimum atomic E-state index is -0.221. The zero-order chi connectivity index (χ0) is 10.8. The fraction of sp³-hybridized carbons (Fsp3) is 0.444. The Kier molecular flexibility index (Phi) is 2.77. The fourth-order valence-electron chi connectivity index (χ4n) is 1.52. The van der Waals surface area contributed by atoms with Gasteiger partial charge in [-0.2, -0.15) is 4.98 Å². The van der Waals surface area contributed by atoms with Crippen LogP contribution in [0.5, 0.6) is 0 Å². The van der Waals surface area contributed by atoms with Crippen molar-refractivity contribution in [2.45, 2.75) is 24.9 Å². The van der Waals surface area contributed by atoms with E-state index in [0.29, 0.717) is 17.2 Å². The summed E-state index contributed by atoms with van der Waals surface area (Å²) in [6.07, 6.45) is 4.38. The molecule has 0 unspecified atom stereocenters. The first-order chi connectivity index (χ1) is 7.27. The molecule has 0 spiro atoms. The predicted molar refractivity (Wildman–Crippen MR) is 60.2 cm³/mol. The lowest BCUT2D eigenvalue weighted by Gasteiger charge is -2.05. The van der Waals surface area contributed by atoms with Crippen molar-refractivity contribution in [2.24, 2.45) is 0 Å². The van der Waals surface area contributed by atoms with E-state index in [2.05, 4.69) is 15.0 Å². The molecule has 2 rings (SSSR count). The van der Waals surface area contributed by atoms with Crippen molar-refractivity contribution in [3.05, 3.63) is 16.8 Å². The molecule has 15 heavy (non-hydrogen) atoms. The third kappa shape index (κ3) is 1.65. The van der Waals surface area contributed by atoms with Crippen molar-refractivity contribution in [1.29, 1.82) is 0 Å². The molecule has 0 aliphatic heterocycles.